The van der Waals surface area contributed by atoms with Gasteiger partial charge in [0, 0.05) is 12.8 Å². The van der Waals surface area contributed by atoms with Crippen molar-refractivity contribution in [1.82, 2.24) is 0 Å². The van der Waals surface area contributed by atoms with Crippen LogP contribution in [-0.2, 0) is 28.6 Å². The molecule has 0 N–H and O–H groups in total. The Hall–Kier alpha value is -2.89. The van der Waals surface area contributed by atoms with E-state index in [0.29, 0.717) is 12.8 Å². The molecule has 0 aliphatic heterocycles. The molecular formula is C48H82O6. The molecule has 0 saturated carbocycles. The van der Waals surface area contributed by atoms with Gasteiger partial charge in [-0.05, 0) is 64.2 Å². The maximum absolute atomic E-state index is 12.6. The van der Waals surface area contributed by atoms with Crippen molar-refractivity contribution in [3.05, 3.63) is 60.8 Å². The summed E-state index contributed by atoms with van der Waals surface area (Å²) in [5.74, 6) is -1.05. The summed E-state index contributed by atoms with van der Waals surface area (Å²) in [6, 6.07) is 0. The average molecular weight is 755 g/mol. The van der Waals surface area contributed by atoms with Crippen LogP contribution in [0, 0.1) is 0 Å². The van der Waals surface area contributed by atoms with Crippen LogP contribution in [0.4, 0.5) is 0 Å². The molecule has 0 fully saturated rings. The quantitative estimate of drug-likeness (QED) is 0.0269. The molecular weight excluding hydrogens is 673 g/mol. The number of unbranched alkanes of at least 4 members (excludes halogenated alkanes) is 19. The van der Waals surface area contributed by atoms with Gasteiger partial charge in [0.2, 0.25) is 0 Å². The van der Waals surface area contributed by atoms with E-state index in [-0.39, 0.29) is 31.6 Å². The van der Waals surface area contributed by atoms with Crippen molar-refractivity contribution in [1.29, 1.82) is 0 Å². The molecule has 1 unspecified atom stereocenters. The third kappa shape index (κ3) is 40.3. The van der Waals surface area contributed by atoms with Crippen LogP contribution in [0.5, 0.6) is 0 Å². The zero-order valence-electron chi connectivity index (χ0n) is 35.2. The molecule has 310 valence electrons. The molecule has 0 rings (SSSR count). The monoisotopic (exact) mass is 755 g/mol. The maximum Gasteiger partial charge on any atom is 0.309 e. The summed E-state index contributed by atoms with van der Waals surface area (Å²) in [4.78, 5) is 37.5. The fraction of sp³-hybridized carbons (Fsp3) is 0.729. The molecule has 0 amide bonds. The third-order valence-electron chi connectivity index (χ3n) is 9.29. The first-order valence-corrected chi connectivity index (χ1v) is 22.3. The second-order valence-corrected chi connectivity index (χ2v) is 14.6. The highest BCUT2D eigenvalue weighted by Gasteiger charge is 2.19. The summed E-state index contributed by atoms with van der Waals surface area (Å²) >= 11 is 0. The Balaban J connectivity index is 4.38. The zero-order chi connectivity index (χ0) is 39.4. The van der Waals surface area contributed by atoms with Crippen molar-refractivity contribution in [2.75, 3.05) is 13.2 Å². The van der Waals surface area contributed by atoms with Gasteiger partial charge in [0.15, 0.2) is 6.10 Å². The van der Waals surface area contributed by atoms with Gasteiger partial charge < -0.3 is 14.2 Å². The minimum absolute atomic E-state index is 0.104. The highest BCUT2D eigenvalue weighted by molar-refractivity contribution is 5.72. The van der Waals surface area contributed by atoms with Gasteiger partial charge in [-0.15, -0.1) is 0 Å². The molecule has 0 heterocycles. The lowest BCUT2D eigenvalue weighted by atomic mass is 10.1. The van der Waals surface area contributed by atoms with Gasteiger partial charge in [0.05, 0.1) is 6.42 Å². The molecule has 0 aliphatic carbocycles. The largest absolute Gasteiger partial charge is 0.462 e. The molecule has 0 spiro atoms. The molecule has 0 aromatic carbocycles. The van der Waals surface area contributed by atoms with Crippen molar-refractivity contribution in [2.45, 2.75) is 213 Å². The van der Waals surface area contributed by atoms with Crippen molar-refractivity contribution < 1.29 is 28.6 Å². The minimum Gasteiger partial charge on any atom is -0.462 e. The molecule has 0 saturated heterocycles. The molecule has 54 heavy (non-hydrogen) atoms. The van der Waals surface area contributed by atoms with Crippen molar-refractivity contribution in [3.8, 4) is 0 Å². The zero-order valence-corrected chi connectivity index (χ0v) is 35.2. The van der Waals surface area contributed by atoms with E-state index in [0.717, 1.165) is 70.6 Å². The Morgan fingerprint density at radius 2 is 0.796 bits per heavy atom. The molecule has 1 atom stereocenters. The predicted octanol–water partition coefficient (Wildman–Crippen LogP) is 14.1. The molecule has 0 radical (unpaired) electrons. The van der Waals surface area contributed by atoms with Crippen LogP contribution >= 0.6 is 0 Å². The summed E-state index contributed by atoms with van der Waals surface area (Å²) in [5.41, 5.74) is 0. The van der Waals surface area contributed by atoms with Gasteiger partial charge in [-0.1, -0.05) is 184 Å². The second-order valence-electron chi connectivity index (χ2n) is 14.6. The maximum atomic E-state index is 12.6. The summed E-state index contributed by atoms with van der Waals surface area (Å²) in [5, 5.41) is 0. The number of hydrogen-bond donors (Lipinski definition) is 0. The second kappa shape index (κ2) is 42.8. The average Bonchev–Trinajstić information content (AvgIpc) is 3.17. The Morgan fingerprint density at radius 1 is 0.407 bits per heavy atom. The van der Waals surface area contributed by atoms with Gasteiger partial charge >= 0.3 is 17.9 Å². The van der Waals surface area contributed by atoms with E-state index >= 15 is 0 Å². The van der Waals surface area contributed by atoms with E-state index in [1.807, 2.05) is 6.08 Å². The Bertz CT molecular complexity index is 1010. The molecule has 6 heteroatoms. The van der Waals surface area contributed by atoms with Crippen molar-refractivity contribution in [2.24, 2.45) is 0 Å². The molecule has 0 aromatic rings. The summed E-state index contributed by atoms with van der Waals surface area (Å²) < 4.78 is 16.5. The lowest BCUT2D eigenvalue weighted by Crippen LogP contribution is -2.30. The summed E-state index contributed by atoms with van der Waals surface area (Å²) in [6.45, 7) is 6.36. The van der Waals surface area contributed by atoms with Gasteiger partial charge in [0.1, 0.15) is 13.2 Å². The van der Waals surface area contributed by atoms with E-state index in [2.05, 4.69) is 69.4 Å². The fourth-order valence-electron chi connectivity index (χ4n) is 5.94. The molecule has 0 bridgehead atoms. The van der Waals surface area contributed by atoms with Crippen LogP contribution in [0.2, 0.25) is 0 Å². The Morgan fingerprint density at radius 3 is 1.33 bits per heavy atom. The van der Waals surface area contributed by atoms with E-state index in [9.17, 15) is 14.4 Å². The standard InChI is InChI=1S/C48H82O6/c1-4-7-10-13-16-19-21-22-23-24-25-26-27-30-32-35-38-41-47(50)53-44-45(43-52-46(49)40-37-34-31-28-18-15-12-9-6-3)54-48(51)42-39-36-33-29-20-17-14-11-8-5-2/h9,12,16,18-19,22-23,28,34,37,45H,4-8,10-11,13-15,17,20-21,24-27,29-33,35-36,38-44H2,1-3H3/b12-9-,19-16-,23-22-,28-18-,37-34-. The van der Waals surface area contributed by atoms with Crippen molar-refractivity contribution >= 4 is 17.9 Å². The fourth-order valence-corrected chi connectivity index (χ4v) is 5.94. The van der Waals surface area contributed by atoms with Crippen LogP contribution in [0.25, 0.3) is 0 Å². The highest BCUT2D eigenvalue weighted by Crippen LogP contribution is 2.13. The lowest BCUT2D eigenvalue weighted by molar-refractivity contribution is -0.166. The first kappa shape index (κ1) is 51.1. The number of hydrogen-bond acceptors (Lipinski definition) is 6. The van der Waals surface area contributed by atoms with Crippen LogP contribution in [-0.4, -0.2) is 37.2 Å². The lowest BCUT2D eigenvalue weighted by Gasteiger charge is -2.18. The highest BCUT2D eigenvalue weighted by atomic mass is 16.6. The molecule has 6 nitrogen and oxygen atoms in total. The summed E-state index contributed by atoms with van der Waals surface area (Å²) in [6.07, 6.45) is 50.9. The van der Waals surface area contributed by atoms with Gasteiger partial charge in [-0.3, -0.25) is 14.4 Å². The summed E-state index contributed by atoms with van der Waals surface area (Å²) in [7, 11) is 0. The smallest absolute Gasteiger partial charge is 0.309 e. The van der Waals surface area contributed by atoms with Crippen LogP contribution in [0.3, 0.4) is 0 Å². The van der Waals surface area contributed by atoms with Crippen molar-refractivity contribution in [3.63, 3.8) is 0 Å². The van der Waals surface area contributed by atoms with E-state index in [1.165, 1.54) is 96.3 Å². The number of carbonyl (C=O) groups is 3. The molecule has 0 aromatic heterocycles. The third-order valence-corrected chi connectivity index (χ3v) is 9.29. The number of allylic oxidation sites excluding steroid dienone is 9. The number of rotatable bonds is 39. The van der Waals surface area contributed by atoms with E-state index < -0.39 is 12.1 Å². The normalized spacial score (nSPS) is 12.6. The van der Waals surface area contributed by atoms with Crippen LogP contribution in [0.1, 0.15) is 207 Å². The van der Waals surface area contributed by atoms with Crippen LogP contribution < -0.4 is 0 Å². The SMILES string of the molecule is CC/C=C\C/C=C\C/C=C\CC(=O)OCC(COC(=O)CCCCCCCCC/C=C\C/C=C\CCCCC)OC(=O)CCCCCCCCCCCC. The number of esters is 3. The molecule has 0 aliphatic rings. The number of ether oxygens (including phenoxy) is 3. The number of carbonyl (C=O) groups excluding carboxylic acids is 3. The Kier molecular flexibility index (Phi) is 40.6. The van der Waals surface area contributed by atoms with E-state index in [1.54, 1.807) is 6.08 Å². The van der Waals surface area contributed by atoms with Gasteiger partial charge in [-0.25, -0.2) is 0 Å². The van der Waals surface area contributed by atoms with E-state index in [4.69, 9.17) is 14.2 Å². The van der Waals surface area contributed by atoms with Gasteiger partial charge in [-0.2, -0.15) is 0 Å². The van der Waals surface area contributed by atoms with Crippen LogP contribution in [0.15, 0.2) is 60.8 Å². The minimum atomic E-state index is -0.807. The Labute approximate surface area is 332 Å². The topological polar surface area (TPSA) is 78.9 Å². The first-order valence-electron chi connectivity index (χ1n) is 22.3. The predicted molar refractivity (Wildman–Crippen MR) is 228 cm³/mol. The first-order chi connectivity index (χ1) is 26.5. The van der Waals surface area contributed by atoms with Gasteiger partial charge in [0.25, 0.3) is 0 Å².